The maximum Gasteiger partial charge on any atom is 0.317 e. The number of carbonyl (C=O) groups excluding carboxylic acids is 1. The van der Waals surface area contributed by atoms with E-state index < -0.39 is 0 Å². The smallest absolute Gasteiger partial charge is 0.317 e. The summed E-state index contributed by atoms with van der Waals surface area (Å²) in [5.41, 5.74) is 0. The highest BCUT2D eigenvalue weighted by Gasteiger charge is 2.19. The molecule has 0 aromatic heterocycles. The molecule has 2 saturated heterocycles. The zero-order valence-electron chi connectivity index (χ0n) is 11.5. The van der Waals surface area contributed by atoms with E-state index in [-0.39, 0.29) is 6.03 Å². The molecule has 5 nitrogen and oxygen atoms in total. The van der Waals surface area contributed by atoms with Gasteiger partial charge in [-0.25, -0.2) is 4.79 Å². The molecule has 2 rings (SSSR count). The van der Waals surface area contributed by atoms with Crippen molar-refractivity contribution in [3.05, 3.63) is 0 Å². The van der Waals surface area contributed by atoms with Crippen LogP contribution in [0, 0.1) is 5.92 Å². The van der Waals surface area contributed by atoms with Crippen molar-refractivity contribution in [1.29, 1.82) is 0 Å². The Morgan fingerprint density at radius 2 is 2.11 bits per heavy atom. The molecule has 0 atom stereocenters. The molecule has 2 aliphatic heterocycles. The van der Waals surface area contributed by atoms with Crippen molar-refractivity contribution in [1.82, 2.24) is 20.4 Å². The molecule has 0 unspecified atom stereocenters. The summed E-state index contributed by atoms with van der Waals surface area (Å²) >= 11 is 0. The van der Waals surface area contributed by atoms with E-state index in [0.717, 1.165) is 38.6 Å². The van der Waals surface area contributed by atoms with Crippen LogP contribution in [0.2, 0.25) is 0 Å². The predicted molar refractivity (Wildman–Crippen MR) is 72.7 cm³/mol. The first-order valence-electron chi connectivity index (χ1n) is 7.25. The minimum atomic E-state index is 0.0908. The molecule has 0 saturated carbocycles. The number of hydrogen-bond donors (Lipinski definition) is 2. The Hall–Kier alpha value is -0.810. The Kier molecular flexibility index (Phi) is 5.26. The van der Waals surface area contributed by atoms with Crippen molar-refractivity contribution >= 4 is 6.03 Å². The zero-order chi connectivity index (χ0) is 12.8. The van der Waals surface area contributed by atoms with Gasteiger partial charge in [0.1, 0.15) is 0 Å². The number of nitrogens with one attached hydrogen (secondary N) is 2. The van der Waals surface area contributed by atoms with Crippen LogP contribution in [0.1, 0.15) is 19.8 Å². The van der Waals surface area contributed by atoms with Gasteiger partial charge in [-0.15, -0.1) is 0 Å². The molecule has 2 N–H and O–H groups in total. The van der Waals surface area contributed by atoms with E-state index in [2.05, 4.69) is 22.5 Å². The van der Waals surface area contributed by atoms with E-state index in [9.17, 15) is 4.79 Å². The fraction of sp³-hybridized carbons (Fsp3) is 0.923. The number of hydrogen-bond acceptors (Lipinski definition) is 3. The summed E-state index contributed by atoms with van der Waals surface area (Å²) in [5.74, 6) is 0.820. The summed E-state index contributed by atoms with van der Waals surface area (Å²) in [4.78, 5) is 15.7. The lowest BCUT2D eigenvalue weighted by Gasteiger charge is -2.31. The lowest BCUT2D eigenvalue weighted by atomic mass is 9.97. The molecule has 0 aliphatic carbocycles. The maximum atomic E-state index is 11.3. The van der Waals surface area contributed by atoms with Gasteiger partial charge in [0.05, 0.1) is 0 Å². The lowest BCUT2D eigenvalue weighted by Crippen LogP contribution is -2.39. The summed E-state index contributed by atoms with van der Waals surface area (Å²) in [6, 6.07) is 0.0908. The number of carbonyl (C=O) groups is 1. The minimum Gasteiger partial charge on any atom is -0.336 e. The highest BCUT2D eigenvalue weighted by molar-refractivity contribution is 5.76. The number of urea groups is 1. The van der Waals surface area contributed by atoms with E-state index in [1.165, 1.54) is 32.5 Å². The molecule has 2 aliphatic rings. The van der Waals surface area contributed by atoms with E-state index in [0.29, 0.717) is 0 Å². The van der Waals surface area contributed by atoms with E-state index in [4.69, 9.17) is 0 Å². The van der Waals surface area contributed by atoms with Gasteiger partial charge in [0.15, 0.2) is 0 Å². The van der Waals surface area contributed by atoms with Gasteiger partial charge in [0.2, 0.25) is 0 Å². The molecule has 0 aromatic rings. The average Bonchev–Trinajstić information content (AvgIpc) is 2.81. The molecule has 2 amide bonds. The van der Waals surface area contributed by atoms with Crippen LogP contribution in [-0.2, 0) is 0 Å². The SMILES string of the molecule is CCN1CCC(CNCCN2CCNC2=O)CC1. The first-order chi connectivity index (χ1) is 8.79. The van der Waals surface area contributed by atoms with Crippen LogP contribution in [0.15, 0.2) is 0 Å². The van der Waals surface area contributed by atoms with Crippen LogP contribution in [-0.4, -0.2) is 68.2 Å². The third-order valence-corrected chi connectivity index (χ3v) is 4.09. The minimum absolute atomic E-state index is 0.0908. The van der Waals surface area contributed by atoms with Gasteiger partial charge in [0.25, 0.3) is 0 Å². The van der Waals surface area contributed by atoms with Gasteiger partial charge in [0, 0.05) is 26.2 Å². The molecule has 0 bridgehead atoms. The lowest BCUT2D eigenvalue weighted by molar-refractivity contribution is 0.189. The van der Waals surface area contributed by atoms with Crippen LogP contribution in [0.4, 0.5) is 4.79 Å². The standard InChI is InChI=1S/C13H26N4O/c1-2-16-7-3-12(4-8-16)11-14-5-9-17-10-6-15-13(17)18/h12,14H,2-11H2,1H3,(H,15,18). The molecular formula is C13H26N4O. The summed E-state index contributed by atoms with van der Waals surface area (Å²) in [6.07, 6.45) is 2.62. The van der Waals surface area contributed by atoms with E-state index in [1.54, 1.807) is 0 Å². The fourth-order valence-corrected chi connectivity index (χ4v) is 2.75. The average molecular weight is 254 g/mol. The number of nitrogens with zero attached hydrogens (tertiary/aromatic N) is 2. The topological polar surface area (TPSA) is 47.6 Å². The van der Waals surface area contributed by atoms with Crippen molar-refractivity contribution in [2.45, 2.75) is 19.8 Å². The second-order valence-electron chi connectivity index (χ2n) is 5.30. The van der Waals surface area contributed by atoms with Crippen LogP contribution >= 0.6 is 0 Å². The van der Waals surface area contributed by atoms with Crippen molar-refractivity contribution < 1.29 is 4.79 Å². The summed E-state index contributed by atoms with van der Waals surface area (Å²) in [5, 5.41) is 6.32. The second kappa shape index (κ2) is 6.95. The van der Waals surface area contributed by atoms with Crippen molar-refractivity contribution in [2.24, 2.45) is 5.92 Å². The molecule has 0 spiro atoms. The Labute approximate surface area is 110 Å². The first-order valence-corrected chi connectivity index (χ1v) is 7.25. The molecular weight excluding hydrogens is 228 g/mol. The monoisotopic (exact) mass is 254 g/mol. The van der Waals surface area contributed by atoms with Crippen LogP contribution in [0.25, 0.3) is 0 Å². The summed E-state index contributed by atoms with van der Waals surface area (Å²) in [6.45, 7) is 10.4. The van der Waals surface area contributed by atoms with E-state index >= 15 is 0 Å². The van der Waals surface area contributed by atoms with Crippen molar-refractivity contribution in [3.8, 4) is 0 Å². The molecule has 2 fully saturated rings. The molecule has 2 heterocycles. The zero-order valence-corrected chi connectivity index (χ0v) is 11.5. The van der Waals surface area contributed by atoms with Crippen LogP contribution in [0.5, 0.6) is 0 Å². The van der Waals surface area contributed by atoms with Gasteiger partial charge in [-0.05, 0) is 44.9 Å². The summed E-state index contributed by atoms with van der Waals surface area (Å²) in [7, 11) is 0. The Morgan fingerprint density at radius 3 is 2.72 bits per heavy atom. The fourth-order valence-electron chi connectivity index (χ4n) is 2.75. The Bertz CT molecular complexity index is 264. The summed E-state index contributed by atoms with van der Waals surface area (Å²) < 4.78 is 0. The molecule has 0 aromatic carbocycles. The number of amides is 2. The third kappa shape index (κ3) is 3.85. The maximum absolute atomic E-state index is 11.3. The molecule has 104 valence electrons. The van der Waals surface area contributed by atoms with Crippen LogP contribution in [0.3, 0.4) is 0 Å². The number of piperidine rings is 1. The van der Waals surface area contributed by atoms with E-state index in [1.807, 2.05) is 4.90 Å². The Balaban J connectivity index is 1.52. The molecule has 0 radical (unpaired) electrons. The van der Waals surface area contributed by atoms with Gasteiger partial charge < -0.3 is 20.4 Å². The van der Waals surface area contributed by atoms with Gasteiger partial charge in [-0.3, -0.25) is 0 Å². The predicted octanol–water partition coefficient (Wildman–Crippen LogP) is 0.333. The second-order valence-corrected chi connectivity index (χ2v) is 5.30. The first kappa shape index (κ1) is 13.6. The highest BCUT2D eigenvalue weighted by Crippen LogP contribution is 2.15. The van der Waals surface area contributed by atoms with Gasteiger partial charge in [-0.1, -0.05) is 6.92 Å². The third-order valence-electron chi connectivity index (χ3n) is 4.09. The van der Waals surface area contributed by atoms with Gasteiger partial charge in [-0.2, -0.15) is 0 Å². The number of rotatable bonds is 6. The quantitative estimate of drug-likeness (QED) is 0.672. The van der Waals surface area contributed by atoms with Crippen LogP contribution < -0.4 is 10.6 Å². The highest BCUT2D eigenvalue weighted by atomic mass is 16.2. The molecule has 5 heteroatoms. The molecule has 18 heavy (non-hydrogen) atoms. The largest absolute Gasteiger partial charge is 0.336 e. The van der Waals surface area contributed by atoms with Crippen molar-refractivity contribution in [2.75, 3.05) is 52.4 Å². The Morgan fingerprint density at radius 1 is 1.33 bits per heavy atom. The van der Waals surface area contributed by atoms with Crippen molar-refractivity contribution in [3.63, 3.8) is 0 Å². The number of likely N-dealkylation sites (tertiary alicyclic amines) is 1. The van der Waals surface area contributed by atoms with Gasteiger partial charge >= 0.3 is 6.03 Å². The normalized spacial score (nSPS) is 22.5.